The van der Waals surface area contributed by atoms with Crippen molar-refractivity contribution in [1.29, 1.82) is 0 Å². The van der Waals surface area contributed by atoms with Crippen molar-refractivity contribution in [1.82, 2.24) is 14.6 Å². The van der Waals surface area contributed by atoms with Crippen LogP contribution in [0, 0.1) is 5.82 Å². The van der Waals surface area contributed by atoms with E-state index in [0.29, 0.717) is 15.4 Å². The van der Waals surface area contributed by atoms with E-state index in [4.69, 9.17) is 0 Å². The van der Waals surface area contributed by atoms with Crippen molar-refractivity contribution in [2.75, 3.05) is 6.54 Å². The molecule has 3 aromatic rings. The number of carbonyl (C=O) groups excluding carboxylic acids is 1. The van der Waals surface area contributed by atoms with Crippen LogP contribution in [0.1, 0.15) is 12.1 Å². The van der Waals surface area contributed by atoms with Crippen LogP contribution in [-0.4, -0.2) is 48.5 Å². The molecule has 0 bridgehead atoms. The summed E-state index contributed by atoms with van der Waals surface area (Å²) in [4.78, 5) is 16.5. The van der Waals surface area contributed by atoms with E-state index in [1.165, 1.54) is 24.4 Å². The zero-order valence-electron chi connectivity index (χ0n) is 19.3. The second kappa shape index (κ2) is 10.3. The van der Waals surface area contributed by atoms with E-state index >= 15 is 0 Å². The predicted octanol–water partition coefficient (Wildman–Crippen LogP) is 4.50. The molecule has 38 heavy (non-hydrogen) atoms. The molecule has 4 rings (SSSR count). The van der Waals surface area contributed by atoms with Gasteiger partial charge in [-0.25, -0.2) is 21.6 Å². The van der Waals surface area contributed by atoms with Crippen LogP contribution in [0.3, 0.4) is 0 Å². The molecule has 2 aromatic carbocycles. The Labute approximate surface area is 213 Å². The Morgan fingerprint density at radius 3 is 2.34 bits per heavy atom. The summed E-state index contributed by atoms with van der Waals surface area (Å²) in [7, 11) is -4.53. The molecule has 1 aromatic heterocycles. The van der Waals surface area contributed by atoms with Crippen LogP contribution < -0.4 is 10.1 Å². The first kappa shape index (κ1) is 27.4. The number of carbonyl (C=O) groups is 1. The predicted molar refractivity (Wildman–Crippen MR) is 122 cm³/mol. The number of rotatable bonds is 7. The number of aromatic nitrogens is 1. The van der Waals surface area contributed by atoms with E-state index in [2.05, 4.69) is 15.0 Å². The number of hydrogen-bond acceptors (Lipinski definition) is 5. The standard InChI is InChI=1S/C24H19F6N3O4S/c25-17-3-7-20(8-4-17)38(35,36)33-14-23(26,27)12-21(33)22(34)32-13-18-11-16(9-10-31-18)15-1-5-19(6-2-15)37-24(28,29)30/h1-11,21H,12-14H2,(H,32,34). The first-order valence-electron chi connectivity index (χ1n) is 11.0. The van der Waals surface area contributed by atoms with Crippen LogP contribution in [-0.2, 0) is 21.4 Å². The molecule has 1 saturated heterocycles. The molecule has 2 heterocycles. The van der Waals surface area contributed by atoms with Gasteiger partial charge in [-0.05, 0) is 59.7 Å². The number of alkyl halides is 5. The molecule has 1 fully saturated rings. The van der Waals surface area contributed by atoms with Crippen molar-refractivity contribution in [3.63, 3.8) is 0 Å². The molecule has 1 atom stereocenters. The minimum atomic E-state index is -4.83. The second-order valence-electron chi connectivity index (χ2n) is 8.41. The van der Waals surface area contributed by atoms with Crippen LogP contribution in [0.2, 0.25) is 0 Å². The summed E-state index contributed by atoms with van der Waals surface area (Å²) in [5, 5.41) is 2.41. The highest BCUT2D eigenvalue weighted by Crippen LogP contribution is 2.36. The third kappa shape index (κ3) is 6.42. The van der Waals surface area contributed by atoms with Gasteiger partial charge in [0.15, 0.2) is 0 Å². The van der Waals surface area contributed by atoms with E-state index < -0.39 is 63.7 Å². The smallest absolute Gasteiger partial charge is 0.406 e. The van der Waals surface area contributed by atoms with Gasteiger partial charge in [0, 0.05) is 12.6 Å². The monoisotopic (exact) mass is 559 g/mol. The Bertz CT molecular complexity index is 1410. The van der Waals surface area contributed by atoms with Crippen LogP contribution in [0.15, 0.2) is 71.8 Å². The van der Waals surface area contributed by atoms with Gasteiger partial charge in [0.05, 0.1) is 23.7 Å². The average molecular weight is 559 g/mol. The van der Waals surface area contributed by atoms with Crippen molar-refractivity contribution in [2.24, 2.45) is 0 Å². The van der Waals surface area contributed by atoms with Crippen molar-refractivity contribution >= 4 is 15.9 Å². The first-order valence-corrected chi connectivity index (χ1v) is 12.4. The summed E-state index contributed by atoms with van der Waals surface area (Å²) >= 11 is 0. The molecule has 7 nitrogen and oxygen atoms in total. The number of benzene rings is 2. The molecule has 0 aliphatic carbocycles. The molecule has 1 aliphatic heterocycles. The van der Waals surface area contributed by atoms with Gasteiger partial charge in [0.25, 0.3) is 5.92 Å². The highest BCUT2D eigenvalue weighted by molar-refractivity contribution is 7.89. The number of ether oxygens (including phenoxy) is 1. The maximum atomic E-state index is 14.2. The van der Waals surface area contributed by atoms with Crippen molar-refractivity contribution in [3.8, 4) is 16.9 Å². The SMILES string of the molecule is O=C(NCc1cc(-c2ccc(OC(F)(F)F)cc2)ccn1)C1CC(F)(F)CN1S(=O)(=O)c1ccc(F)cc1. The van der Waals surface area contributed by atoms with Crippen LogP contribution in [0.25, 0.3) is 11.1 Å². The largest absolute Gasteiger partial charge is 0.573 e. The molecule has 0 saturated carbocycles. The quantitative estimate of drug-likeness (QED) is 0.431. The van der Waals surface area contributed by atoms with Crippen LogP contribution in [0.4, 0.5) is 26.3 Å². The molecule has 0 spiro atoms. The fourth-order valence-corrected chi connectivity index (χ4v) is 5.52. The van der Waals surface area contributed by atoms with Crippen LogP contribution >= 0.6 is 0 Å². The third-order valence-corrected chi connectivity index (χ3v) is 7.50. The summed E-state index contributed by atoms with van der Waals surface area (Å²) in [6, 6.07) is 9.98. The van der Waals surface area contributed by atoms with Gasteiger partial charge in [-0.1, -0.05) is 12.1 Å². The van der Waals surface area contributed by atoms with Gasteiger partial charge in [-0.2, -0.15) is 4.31 Å². The summed E-state index contributed by atoms with van der Waals surface area (Å²) in [5.74, 6) is -5.56. The number of sulfonamides is 1. The van der Waals surface area contributed by atoms with E-state index in [1.807, 2.05) is 0 Å². The van der Waals surface area contributed by atoms with Gasteiger partial charge in [0.1, 0.15) is 17.6 Å². The number of nitrogens with one attached hydrogen (secondary N) is 1. The molecular formula is C24H19F6N3O4S. The fraction of sp³-hybridized carbons (Fsp3) is 0.250. The highest BCUT2D eigenvalue weighted by Gasteiger charge is 2.52. The molecule has 1 amide bonds. The van der Waals surface area contributed by atoms with E-state index in [1.54, 1.807) is 6.07 Å². The van der Waals surface area contributed by atoms with Gasteiger partial charge in [-0.15, -0.1) is 13.2 Å². The van der Waals surface area contributed by atoms with E-state index in [0.717, 1.165) is 36.4 Å². The highest BCUT2D eigenvalue weighted by atomic mass is 32.2. The number of halogens is 6. The Morgan fingerprint density at radius 2 is 1.71 bits per heavy atom. The summed E-state index contributed by atoms with van der Waals surface area (Å²) in [5.41, 5.74) is 1.33. The minimum absolute atomic E-state index is 0.242. The third-order valence-electron chi connectivity index (χ3n) is 5.63. The lowest BCUT2D eigenvalue weighted by atomic mass is 10.1. The molecule has 0 radical (unpaired) electrons. The lowest BCUT2D eigenvalue weighted by Gasteiger charge is -2.22. The molecule has 1 unspecified atom stereocenters. The lowest BCUT2D eigenvalue weighted by molar-refractivity contribution is -0.274. The first-order chi connectivity index (χ1) is 17.7. The van der Waals surface area contributed by atoms with E-state index in [9.17, 15) is 39.6 Å². The van der Waals surface area contributed by atoms with Crippen molar-refractivity contribution in [2.45, 2.75) is 36.2 Å². The van der Waals surface area contributed by atoms with Gasteiger partial charge in [0.2, 0.25) is 15.9 Å². The number of hydrogen-bond donors (Lipinski definition) is 1. The molecule has 1 N–H and O–H groups in total. The van der Waals surface area contributed by atoms with Gasteiger partial charge >= 0.3 is 6.36 Å². The summed E-state index contributed by atoms with van der Waals surface area (Å²) in [6.07, 6.45) is -4.49. The van der Waals surface area contributed by atoms with Crippen LogP contribution in [0.5, 0.6) is 5.75 Å². The van der Waals surface area contributed by atoms with Crippen molar-refractivity contribution < 1.29 is 44.3 Å². The maximum Gasteiger partial charge on any atom is 0.573 e. The Kier molecular flexibility index (Phi) is 7.39. The summed E-state index contributed by atoms with van der Waals surface area (Å²) in [6.45, 7) is -1.46. The Hall–Kier alpha value is -3.65. The van der Waals surface area contributed by atoms with Gasteiger partial charge < -0.3 is 10.1 Å². The van der Waals surface area contributed by atoms with Gasteiger partial charge in [-0.3, -0.25) is 9.78 Å². The molecule has 1 aliphatic rings. The number of amides is 1. The lowest BCUT2D eigenvalue weighted by Crippen LogP contribution is -2.45. The number of pyridine rings is 1. The second-order valence-corrected chi connectivity index (χ2v) is 10.3. The maximum absolute atomic E-state index is 14.2. The number of nitrogens with zero attached hydrogens (tertiary/aromatic N) is 2. The molecule has 202 valence electrons. The normalized spacial score (nSPS) is 17.8. The van der Waals surface area contributed by atoms with Crippen molar-refractivity contribution in [3.05, 3.63) is 78.4 Å². The fourth-order valence-electron chi connectivity index (χ4n) is 3.90. The van der Waals surface area contributed by atoms with E-state index in [-0.39, 0.29) is 12.2 Å². The molecule has 14 heteroatoms. The Morgan fingerprint density at radius 1 is 1.05 bits per heavy atom. The minimum Gasteiger partial charge on any atom is -0.406 e. The Balaban J connectivity index is 1.47. The molecular weight excluding hydrogens is 540 g/mol. The topological polar surface area (TPSA) is 88.6 Å². The summed E-state index contributed by atoms with van der Waals surface area (Å²) < 4.78 is 109. The average Bonchev–Trinajstić information content (AvgIpc) is 3.19. The zero-order chi connectivity index (χ0) is 27.7. The zero-order valence-corrected chi connectivity index (χ0v) is 20.1.